The molecule has 156 valence electrons. The van der Waals surface area contributed by atoms with Gasteiger partial charge < -0.3 is 9.13 Å². The number of aryl methyl sites for hydroxylation is 1. The van der Waals surface area contributed by atoms with Crippen LogP contribution in [-0.2, 0) is 0 Å². The Balaban J connectivity index is 1.76. The van der Waals surface area contributed by atoms with Gasteiger partial charge in [-0.25, -0.2) is 0 Å². The molecule has 0 saturated carbocycles. The van der Waals surface area contributed by atoms with Crippen molar-refractivity contribution in [3.8, 4) is 11.4 Å². The van der Waals surface area contributed by atoms with Crippen molar-refractivity contribution in [1.82, 2.24) is 9.13 Å². The van der Waals surface area contributed by atoms with Crippen LogP contribution >= 0.6 is 0 Å². The fourth-order valence-corrected chi connectivity index (χ4v) is 5.51. The highest BCUT2D eigenvalue weighted by atomic mass is 15.0. The lowest BCUT2D eigenvalue weighted by atomic mass is 10.0. The van der Waals surface area contributed by atoms with Crippen molar-refractivity contribution >= 4 is 43.6 Å². The van der Waals surface area contributed by atoms with E-state index < -0.39 is 0 Å². The largest absolute Gasteiger partial charge is 0.309 e. The van der Waals surface area contributed by atoms with E-state index in [9.17, 15) is 0 Å². The molecule has 0 aliphatic carbocycles. The summed E-state index contributed by atoms with van der Waals surface area (Å²) >= 11 is 0. The first-order valence-corrected chi connectivity index (χ1v) is 11.4. The standard InChI is InChI=1S/C31H22N2/c1-21-30-26(24-16-8-10-18-28(24)32(30)22-12-4-2-5-13-22)20-27-25-17-9-11-19-29(25)33(31(21)27)23-14-6-3-7-15-23/h2-20H,1H3. The summed E-state index contributed by atoms with van der Waals surface area (Å²) < 4.78 is 4.85. The topological polar surface area (TPSA) is 9.86 Å². The number of hydrogen-bond donors (Lipinski definition) is 0. The van der Waals surface area contributed by atoms with E-state index in [2.05, 4.69) is 131 Å². The van der Waals surface area contributed by atoms with Gasteiger partial charge >= 0.3 is 0 Å². The Morgan fingerprint density at radius 2 is 0.818 bits per heavy atom. The molecule has 2 nitrogen and oxygen atoms in total. The lowest BCUT2D eigenvalue weighted by Gasteiger charge is -2.13. The highest BCUT2D eigenvalue weighted by Crippen LogP contribution is 2.41. The van der Waals surface area contributed by atoms with Crippen molar-refractivity contribution in [3.05, 3.63) is 121 Å². The Kier molecular flexibility index (Phi) is 3.80. The molecule has 0 bridgehead atoms. The number of nitrogens with zero attached hydrogens (tertiary/aromatic N) is 2. The van der Waals surface area contributed by atoms with Gasteiger partial charge in [-0.1, -0.05) is 72.8 Å². The van der Waals surface area contributed by atoms with Gasteiger partial charge in [-0.15, -0.1) is 0 Å². The van der Waals surface area contributed by atoms with Crippen molar-refractivity contribution in [3.63, 3.8) is 0 Å². The van der Waals surface area contributed by atoms with E-state index in [1.54, 1.807) is 0 Å². The zero-order valence-corrected chi connectivity index (χ0v) is 18.4. The maximum Gasteiger partial charge on any atom is 0.0591 e. The van der Waals surface area contributed by atoms with E-state index in [-0.39, 0.29) is 0 Å². The molecule has 0 N–H and O–H groups in total. The second-order valence-electron chi connectivity index (χ2n) is 8.67. The van der Waals surface area contributed by atoms with Gasteiger partial charge in [-0.2, -0.15) is 0 Å². The summed E-state index contributed by atoms with van der Waals surface area (Å²) in [6.07, 6.45) is 0. The molecule has 7 aromatic rings. The quantitative estimate of drug-likeness (QED) is 0.266. The number of para-hydroxylation sites is 4. The molecule has 2 heterocycles. The molecule has 0 saturated heterocycles. The predicted octanol–water partition coefficient (Wildman–Crippen LogP) is 8.19. The lowest BCUT2D eigenvalue weighted by molar-refractivity contribution is 1.15. The van der Waals surface area contributed by atoms with Crippen LogP contribution in [0.4, 0.5) is 0 Å². The van der Waals surface area contributed by atoms with Crippen molar-refractivity contribution in [2.45, 2.75) is 6.92 Å². The molecular formula is C31H22N2. The first kappa shape index (κ1) is 18.3. The van der Waals surface area contributed by atoms with Gasteiger partial charge in [-0.3, -0.25) is 0 Å². The van der Waals surface area contributed by atoms with Crippen LogP contribution in [0.15, 0.2) is 115 Å². The molecular weight excluding hydrogens is 400 g/mol. The van der Waals surface area contributed by atoms with Crippen LogP contribution < -0.4 is 0 Å². The average Bonchev–Trinajstić information content (AvgIpc) is 3.39. The molecule has 2 heteroatoms. The minimum atomic E-state index is 1.19. The minimum Gasteiger partial charge on any atom is -0.309 e. The summed E-state index contributed by atoms with van der Waals surface area (Å²) in [6, 6.07) is 41.3. The second-order valence-corrected chi connectivity index (χ2v) is 8.67. The van der Waals surface area contributed by atoms with Gasteiger partial charge in [0.1, 0.15) is 0 Å². The average molecular weight is 423 g/mol. The normalized spacial score (nSPS) is 11.8. The van der Waals surface area contributed by atoms with Crippen LogP contribution in [0.1, 0.15) is 5.56 Å². The lowest BCUT2D eigenvalue weighted by Crippen LogP contribution is -1.98. The van der Waals surface area contributed by atoms with Crippen LogP contribution in [0.3, 0.4) is 0 Å². The van der Waals surface area contributed by atoms with Crippen molar-refractivity contribution in [1.29, 1.82) is 0 Å². The number of benzene rings is 5. The molecule has 0 aliphatic rings. The summed E-state index contributed by atoms with van der Waals surface area (Å²) in [6.45, 7) is 2.28. The van der Waals surface area contributed by atoms with E-state index in [4.69, 9.17) is 0 Å². The Morgan fingerprint density at radius 1 is 0.424 bits per heavy atom. The number of fused-ring (bicyclic) bond motifs is 6. The molecule has 0 amide bonds. The maximum absolute atomic E-state index is 2.42. The van der Waals surface area contributed by atoms with Crippen molar-refractivity contribution in [2.75, 3.05) is 0 Å². The SMILES string of the molecule is Cc1c2c(cc3c4ccccc4n(-c4ccccc4)c13)c1ccccc1n2-c1ccccc1. The number of rotatable bonds is 2. The smallest absolute Gasteiger partial charge is 0.0591 e. The summed E-state index contributed by atoms with van der Waals surface area (Å²) in [7, 11) is 0. The van der Waals surface area contributed by atoms with Gasteiger partial charge in [-0.05, 0) is 55.0 Å². The number of aromatic nitrogens is 2. The molecule has 0 aliphatic heterocycles. The molecule has 5 aromatic carbocycles. The molecule has 2 aromatic heterocycles. The second kappa shape index (κ2) is 6.85. The fraction of sp³-hybridized carbons (Fsp3) is 0.0323. The summed E-state index contributed by atoms with van der Waals surface area (Å²) in [5, 5.41) is 5.18. The molecule has 0 unspecified atom stereocenters. The predicted molar refractivity (Wildman–Crippen MR) is 140 cm³/mol. The highest BCUT2D eigenvalue weighted by Gasteiger charge is 2.21. The Bertz CT molecular complexity index is 1670. The summed E-state index contributed by atoms with van der Waals surface area (Å²) in [4.78, 5) is 0. The van der Waals surface area contributed by atoms with Gasteiger partial charge in [0.25, 0.3) is 0 Å². The van der Waals surface area contributed by atoms with Crippen LogP contribution in [-0.4, -0.2) is 9.13 Å². The first-order chi connectivity index (χ1) is 16.3. The van der Waals surface area contributed by atoms with Crippen molar-refractivity contribution in [2.24, 2.45) is 0 Å². The minimum absolute atomic E-state index is 1.19. The van der Waals surface area contributed by atoms with Crippen LogP contribution in [0, 0.1) is 6.92 Å². The Hall–Kier alpha value is -4.30. The van der Waals surface area contributed by atoms with E-state index in [0.717, 1.165) is 0 Å². The van der Waals surface area contributed by atoms with Crippen LogP contribution in [0.2, 0.25) is 0 Å². The zero-order chi connectivity index (χ0) is 21.9. The molecule has 0 spiro atoms. The van der Waals surface area contributed by atoms with E-state index in [0.29, 0.717) is 0 Å². The third-order valence-corrected chi connectivity index (χ3v) is 6.86. The fourth-order valence-electron chi connectivity index (χ4n) is 5.51. The summed E-state index contributed by atoms with van der Waals surface area (Å²) in [5.74, 6) is 0. The zero-order valence-electron chi connectivity index (χ0n) is 18.4. The number of hydrogen-bond acceptors (Lipinski definition) is 0. The van der Waals surface area contributed by atoms with Gasteiger partial charge in [0, 0.05) is 32.9 Å². The molecule has 7 rings (SSSR count). The van der Waals surface area contributed by atoms with E-state index in [1.807, 2.05) is 0 Å². The van der Waals surface area contributed by atoms with E-state index >= 15 is 0 Å². The molecule has 33 heavy (non-hydrogen) atoms. The Morgan fingerprint density at radius 3 is 1.27 bits per heavy atom. The van der Waals surface area contributed by atoms with Crippen LogP contribution in [0.5, 0.6) is 0 Å². The maximum atomic E-state index is 2.42. The first-order valence-electron chi connectivity index (χ1n) is 11.4. The van der Waals surface area contributed by atoms with E-state index in [1.165, 1.54) is 60.5 Å². The van der Waals surface area contributed by atoms with Crippen molar-refractivity contribution < 1.29 is 0 Å². The highest BCUT2D eigenvalue weighted by molar-refractivity contribution is 6.20. The summed E-state index contributed by atoms with van der Waals surface area (Å²) in [5.41, 5.74) is 8.70. The van der Waals surface area contributed by atoms with Gasteiger partial charge in [0.05, 0.1) is 22.1 Å². The van der Waals surface area contributed by atoms with Gasteiger partial charge in [0.2, 0.25) is 0 Å². The molecule has 0 atom stereocenters. The Labute approximate surface area is 191 Å². The monoisotopic (exact) mass is 422 g/mol. The van der Waals surface area contributed by atoms with Gasteiger partial charge in [0.15, 0.2) is 0 Å². The third-order valence-electron chi connectivity index (χ3n) is 6.86. The molecule has 0 radical (unpaired) electrons. The molecule has 0 fully saturated rings. The third kappa shape index (κ3) is 2.49. The van der Waals surface area contributed by atoms with Crippen LogP contribution in [0.25, 0.3) is 55.0 Å².